The summed E-state index contributed by atoms with van der Waals surface area (Å²) < 4.78 is 10.1. The van der Waals surface area contributed by atoms with Gasteiger partial charge in [0.2, 0.25) is 0 Å². The van der Waals surface area contributed by atoms with Crippen molar-refractivity contribution in [3.8, 4) is 0 Å². The smallest absolute Gasteiger partial charge is 0.134 e. The maximum atomic E-state index is 11.2. The van der Waals surface area contributed by atoms with E-state index >= 15 is 0 Å². The van der Waals surface area contributed by atoms with Crippen LogP contribution in [0.4, 0.5) is 0 Å². The molecular formula is C11H21NO3. The molecule has 0 N–H and O–H groups in total. The summed E-state index contributed by atoms with van der Waals surface area (Å²) >= 11 is 0. The van der Waals surface area contributed by atoms with E-state index in [1.54, 1.807) is 14.2 Å². The van der Waals surface area contributed by atoms with Gasteiger partial charge in [-0.15, -0.1) is 0 Å². The van der Waals surface area contributed by atoms with E-state index in [0.717, 1.165) is 25.9 Å². The summed E-state index contributed by atoms with van der Waals surface area (Å²) in [6.45, 7) is 3.21. The summed E-state index contributed by atoms with van der Waals surface area (Å²) in [4.78, 5) is 13.5. The Morgan fingerprint density at radius 2 is 1.87 bits per heavy atom. The average molecular weight is 215 g/mol. The van der Waals surface area contributed by atoms with Gasteiger partial charge >= 0.3 is 0 Å². The number of ketones is 1. The minimum absolute atomic E-state index is 0.389. The normalized spacial score (nSPS) is 21.5. The van der Waals surface area contributed by atoms with Gasteiger partial charge < -0.3 is 9.47 Å². The molecule has 0 bridgehead atoms. The highest BCUT2D eigenvalue weighted by Gasteiger charge is 2.26. The molecule has 15 heavy (non-hydrogen) atoms. The highest BCUT2D eigenvalue weighted by Crippen LogP contribution is 2.20. The lowest BCUT2D eigenvalue weighted by Gasteiger charge is -2.27. The molecule has 1 aliphatic carbocycles. The van der Waals surface area contributed by atoms with Crippen LogP contribution < -0.4 is 0 Å². The first kappa shape index (κ1) is 12.6. The van der Waals surface area contributed by atoms with Crippen LogP contribution in [-0.4, -0.2) is 57.2 Å². The molecule has 0 saturated heterocycles. The zero-order valence-electron chi connectivity index (χ0n) is 9.70. The van der Waals surface area contributed by atoms with E-state index in [4.69, 9.17) is 9.47 Å². The molecule has 0 aromatic heterocycles. The molecule has 1 rings (SSSR count). The fourth-order valence-corrected chi connectivity index (χ4v) is 2.00. The van der Waals surface area contributed by atoms with Crippen molar-refractivity contribution < 1.29 is 14.3 Å². The van der Waals surface area contributed by atoms with Crippen LogP contribution in [0.5, 0.6) is 0 Å². The van der Waals surface area contributed by atoms with Crippen LogP contribution in [0, 0.1) is 0 Å². The zero-order valence-corrected chi connectivity index (χ0v) is 9.70. The Balaban J connectivity index is 2.36. The largest absolute Gasteiger partial charge is 0.383 e. The lowest BCUT2D eigenvalue weighted by Crippen LogP contribution is -2.38. The number of nitrogens with zero attached hydrogens (tertiary/aromatic N) is 1. The lowest BCUT2D eigenvalue weighted by atomic mass is 10.2. The Morgan fingerprint density at radius 3 is 2.27 bits per heavy atom. The molecule has 4 nitrogen and oxygen atoms in total. The molecule has 1 saturated carbocycles. The minimum atomic E-state index is 0.389. The predicted molar refractivity (Wildman–Crippen MR) is 58.0 cm³/mol. The van der Waals surface area contributed by atoms with Gasteiger partial charge in [-0.1, -0.05) is 0 Å². The summed E-state index contributed by atoms with van der Waals surface area (Å²) in [7, 11) is 3.41. The summed E-state index contributed by atoms with van der Waals surface area (Å²) in [5.41, 5.74) is 0. The molecule has 1 atom stereocenters. The highest BCUT2D eigenvalue weighted by molar-refractivity contribution is 5.81. The third-order valence-corrected chi connectivity index (χ3v) is 2.90. The molecule has 4 heteroatoms. The van der Waals surface area contributed by atoms with Crippen LogP contribution in [0.15, 0.2) is 0 Å². The van der Waals surface area contributed by atoms with Crippen LogP contribution in [-0.2, 0) is 14.3 Å². The van der Waals surface area contributed by atoms with Crippen LogP contribution in [0.2, 0.25) is 0 Å². The van der Waals surface area contributed by atoms with E-state index in [1.807, 2.05) is 0 Å². The number of Topliss-reactive ketones (excluding diaryl/α,β-unsaturated/α-hetero) is 1. The SMILES string of the molecule is COCCN(CCOC)C1CCC(=O)C1. The van der Waals surface area contributed by atoms with Crippen molar-refractivity contribution in [2.24, 2.45) is 0 Å². The van der Waals surface area contributed by atoms with Crippen LogP contribution in [0.1, 0.15) is 19.3 Å². The van der Waals surface area contributed by atoms with E-state index in [2.05, 4.69) is 4.90 Å². The van der Waals surface area contributed by atoms with Crippen LogP contribution in [0.3, 0.4) is 0 Å². The van der Waals surface area contributed by atoms with E-state index in [-0.39, 0.29) is 0 Å². The van der Waals surface area contributed by atoms with Gasteiger partial charge in [-0.05, 0) is 6.42 Å². The maximum absolute atomic E-state index is 11.2. The highest BCUT2D eigenvalue weighted by atomic mass is 16.5. The van der Waals surface area contributed by atoms with Gasteiger partial charge in [-0.2, -0.15) is 0 Å². The van der Waals surface area contributed by atoms with Gasteiger partial charge in [0.1, 0.15) is 5.78 Å². The summed E-state index contributed by atoms with van der Waals surface area (Å²) in [5, 5.41) is 0. The Hall–Kier alpha value is -0.450. The molecule has 88 valence electrons. The second-order valence-corrected chi connectivity index (χ2v) is 3.96. The zero-order chi connectivity index (χ0) is 11.1. The maximum Gasteiger partial charge on any atom is 0.134 e. The Kier molecular flexibility index (Phi) is 5.83. The Bertz CT molecular complexity index is 188. The van der Waals surface area contributed by atoms with E-state index in [1.165, 1.54) is 0 Å². The lowest BCUT2D eigenvalue weighted by molar-refractivity contribution is -0.117. The van der Waals surface area contributed by atoms with Crippen LogP contribution in [0.25, 0.3) is 0 Å². The second-order valence-electron chi connectivity index (χ2n) is 3.96. The van der Waals surface area contributed by atoms with Gasteiger partial charge in [0, 0.05) is 46.2 Å². The topological polar surface area (TPSA) is 38.8 Å². The van der Waals surface area contributed by atoms with Crippen molar-refractivity contribution in [3.63, 3.8) is 0 Å². The van der Waals surface area contributed by atoms with Gasteiger partial charge in [-0.25, -0.2) is 0 Å². The van der Waals surface area contributed by atoms with Crippen molar-refractivity contribution in [1.29, 1.82) is 0 Å². The number of carbonyl (C=O) groups excluding carboxylic acids is 1. The number of hydrogen-bond donors (Lipinski definition) is 0. The molecule has 0 amide bonds. The molecule has 0 radical (unpaired) electrons. The first-order chi connectivity index (χ1) is 7.27. The standard InChI is InChI=1S/C11H21NO3/c1-14-7-5-12(6-8-15-2)10-3-4-11(13)9-10/h10H,3-9H2,1-2H3. The van der Waals surface area contributed by atoms with Crippen molar-refractivity contribution in [2.45, 2.75) is 25.3 Å². The quantitative estimate of drug-likeness (QED) is 0.627. The molecule has 1 unspecified atom stereocenters. The number of hydrogen-bond acceptors (Lipinski definition) is 4. The van der Waals surface area contributed by atoms with Gasteiger partial charge in [0.15, 0.2) is 0 Å². The first-order valence-electron chi connectivity index (χ1n) is 5.51. The first-order valence-corrected chi connectivity index (χ1v) is 5.51. The number of rotatable bonds is 7. The molecule has 0 aromatic carbocycles. The molecule has 0 aromatic rings. The second kappa shape index (κ2) is 6.93. The van der Waals surface area contributed by atoms with E-state index < -0.39 is 0 Å². The average Bonchev–Trinajstić information content (AvgIpc) is 2.65. The molecule has 1 fully saturated rings. The molecule has 0 aliphatic heterocycles. The molecule has 0 heterocycles. The fourth-order valence-electron chi connectivity index (χ4n) is 2.00. The number of ether oxygens (including phenoxy) is 2. The fraction of sp³-hybridized carbons (Fsp3) is 0.909. The summed E-state index contributed by atoms with van der Waals surface area (Å²) in [6.07, 6.45) is 2.43. The van der Waals surface area contributed by atoms with Gasteiger partial charge in [0.25, 0.3) is 0 Å². The predicted octanol–water partition coefficient (Wildman–Crippen LogP) is 0.703. The van der Waals surface area contributed by atoms with E-state index in [9.17, 15) is 4.79 Å². The van der Waals surface area contributed by atoms with E-state index in [0.29, 0.717) is 31.5 Å². The Labute approximate surface area is 91.5 Å². The van der Waals surface area contributed by atoms with Crippen molar-refractivity contribution >= 4 is 5.78 Å². The van der Waals surface area contributed by atoms with Crippen molar-refractivity contribution in [2.75, 3.05) is 40.5 Å². The van der Waals surface area contributed by atoms with Gasteiger partial charge in [-0.3, -0.25) is 9.69 Å². The third-order valence-electron chi connectivity index (χ3n) is 2.90. The molecule has 0 spiro atoms. The van der Waals surface area contributed by atoms with Crippen LogP contribution >= 0.6 is 0 Å². The number of methoxy groups -OCH3 is 2. The Morgan fingerprint density at radius 1 is 1.27 bits per heavy atom. The monoisotopic (exact) mass is 215 g/mol. The third kappa shape index (κ3) is 4.28. The summed E-state index contributed by atoms with van der Waals surface area (Å²) in [5.74, 6) is 0.389. The number of carbonyl (C=O) groups is 1. The molecule has 1 aliphatic rings. The van der Waals surface area contributed by atoms with Crippen molar-refractivity contribution in [1.82, 2.24) is 4.90 Å². The minimum Gasteiger partial charge on any atom is -0.383 e. The summed E-state index contributed by atoms with van der Waals surface area (Å²) in [6, 6.07) is 0.405. The van der Waals surface area contributed by atoms with Gasteiger partial charge in [0.05, 0.1) is 13.2 Å². The molecular weight excluding hydrogens is 194 g/mol. The van der Waals surface area contributed by atoms with Crippen molar-refractivity contribution in [3.05, 3.63) is 0 Å².